The van der Waals surface area contributed by atoms with Crippen LogP contribution in [-0.4, -0.2) is 17.4 Å². The second kappa shape index (κ2) is 7.41. The van der Waals surface area contributed by atoms with Gasteiger partial charge in [0.15, 0.2) is 0 Å². The zero-order valence-electron chi connectivity index (χ0n) is 13.9. The zero-order chi connectivity index (χ0) is 16.9. The van der Waals surface area contributed by atoms with Gasteiger partial charge in [0.25, 0.3) is 0 Å². The number of carbonyl (C=O) groups is 1. The molecule has 0 radical (unpaired) electrons. The van der Waals surface area contributed by atoms with Gasteiger partial charge in [0.05, 0.1) is 12.1 Å². The van der Waals surface area contributed by atoms with Crippen molar-refractivity contribution in [3.63, 3.8) is 0 Å². The average molecular weight is 336 g/mol. The molecular formula is C20H20N2OS. The van der Waals surface area contributed by atoms with Crippen molar-refractivity contribution >= 4 is 22.9 Å². The minimum absolute atomic E-state index is 0.0769. The maximum atomic E-state index is 12.7. The summed E-state index contributed by atoms with van der Waals surface area (Å²) >= 11 is 1.58. The lowest BCUT2D eigenvalue weighted by Crippen LogP contribution is -2.32. The first-order chi connectivity index (χ1) is 11.7. The highest BCUT2D eigenvalue weighted by Gasteiger charge is 2.16. The van der Waals surface area contributed by atoms with Crippen LogP contribution in [0.1, 0.15) is 18.2 Å². The van der Waals surface area contributed by atoms with Crippen LogP contribution in [0.3, 0.4) is 0 Å². The van der Waals surface area contributed by atoms with E-state index in [-0.39, 0.29) is 5.91 Å². The molecule has 0 atom stereocenters. The predicted molar refractivity (Wildman–Crippen MR) is 100 cm³/mol. The Labute approximate surface area is 146 Å². The molecular weight excluding hydrogens is 316 g/mol. The number of thiazole rings is 1. The Bertz CT molecular complexity index is 826. The van der Waals surface area contributed by atoms with Crippen molar-refractivity contribution in [1.29, 1.82) is 0 Å². The molecule has 0 bridgehead atoms. The summed E-state index contributed by atoms with van der Waals surface area (Å²) in [6.45, 7) is 4.68. The average Bonchev–Trinajstić information content (AvgIpc) is 3.05. The van der Waals surface area contributed by atoms with Gasteiger partial charge in [0.1, 0.15) is 5.01 Å². The number of amides is 1. The number of benzene rings is 2. The predicted octanol–water partition coefficient (Wildman–Crippen LogP) is 4.71. The van der Waals surface area contributed by atoms with Gasteiger partial charge < -0.3 is 4.90 Å². The first-order valence-electron chi connectivity index (χ1n) is 8.04. The van der Waals surface area contributed by atoms with Gasteiger partial charge in [-0.15, -0.1) is 11.3 Å². The van der Waals surface area contributed by atoms with E-state index in [9.17, 15) is 4.79 Å². The number of carbonyl (C=O) groups excluding carboxylic acids is 1. The summed E-state index contributed by atoms with van der Waals surface area (Å²) in [5.74, 6) is 0.0769. The lowest BCUT2D eigenvalue weighted by atomic mass is 10.2. The topological polar surface area (TPSA) is 33.2 Å². The second-order valence-corrected chi connectivity index (χ2v) is 6.52. The van der Waals surface area contributed by atoms with Crippen LogP contribution in [0, 0.1) is 6.92 Å². The van der Waals surface area contributed by atoms with Gasteiger partial charge in [0.2, 0.25) is 5.91 Å². The molecule has 3 rings (SSSR count). The molecule has 4 heteroatoms. The molecule has 1 aromatic heterocycles. The quantitative estimate of drug-likeness (QED) is 0.676. The van der Waals surface area contributed by atoms with Crippen LogP contribution < -0.4 is 4.90 Å². The SMILES string of the molecule is CCN(C(=O)Cc1csc(-c2ccccc2)n1)c1cccc(C)c1. The zero-order valence-corrected chi connectivity index (χ0v) is 14.7. The fourth-order valence-corrected chi connectivity index (χ4v) is 3.48. The highest BCUT2D eigenvalue weighted by Crippen LogP contribution is 2.24. The Morgan fingerprint density at radius 3 is 2.62 bits per heavy atom. The Hall–Kier alpha value is -2.46. The smallest absolute Gasteiger partial charge is 0.233 e. The molecule has 0 fully saturated rings. The second-order valence-electron chi connectivity index (χ2n) is 5.66. The first kappa shape index (κ1) is 16.4. The molecule has 0 saturated carbocycles. The van der Waals surface area contributed by atoms with E-state index < -0.39 is 0 Å². The van der Waals surface area contributed by atoms with Crippen molar-refractivity contribution in [3.05, 3.63) is 71.2 Å². The van der Waals surface area contributed by atoms with Crippen LogP contribution >= 0.6 is 11.3 Å². The molecule has 2 aromatic carbocycles. The van der Waals surface area contributed by atoms with Crippen LogP contribution in [0.15, 0.2) is 60.0 Å². The summed E-state index contributed by atoms with van der Waals surface area (Å²) in [5, 5.41) is 2.93. The number of likely N-dealkylation sites (N-methyl/N-ethyl adjacent to an activating group) is 1. The van der Waals surface area contributed by atoms with Crippen molar-refractivity contribution in [2.75, 3.05) is 11.4 Å². The Balaban J connectivity index is 1.75. The maximum absolute atomic E-state index is 12.7. The van der Waals surface area contributed by atoms with Crippen molar-refractivity contribution < 1.29 is 4.79 Å². The molecule has 0 aliphatic rings. The number of rotatable bonds is 5. The van der Waals surface area contributed by atoms with E-state index in [0.717, 1.165) is 27.5 Å². The van der Waals surface area contributed by atoms with Gasteiger partial charge in [-0.1, -0.05) is 42.5 Å². The molecule has 0 unspecified atom stereocenters. The van der Waals surface area contributed by atoms with Gasteiger partial charge in [-0.25, -0.2) is 4.98 Å². The molecule has 24 heavy (non-hydrogen) atoms. The molecule has 1 heterocycles. The third-order valence-corrected chi connectivity index (χ3v) is 4.78. The van der Waals surface area contributed by atoms with Crippen molar-refractivity contribution in [3.8, 4) is 10.6 Å². The number of nitrogens with zero attached hydrogens (tertiary/aromatic N) is 2. The summed E-state index contributed by atoms with van der Waals surface area (Å²) in [6, 6.07) is 18.1. The molecule has 0 spiro atoms. The third-order valence-electron chi connectivity index (χ3n) is 3.84. The molecule has 1 amide bonds. The van der Waals surface area contributed by atoms with E-state index in [1.807, 2.05) is 78.7 Å². The molecule has 0 aliphatic carbocycles. The Kier molecular flexibility index (Phi) is 5.06. The monoisotopic (exact) mass is 336 g/mol. The van der Waals surface area contributed by atoms with Gasteiger partial charge >= 0.3 is 0 Å². The number of aryl methyl sites for hydroxylation is 1. The van der Waals surface area contributed by atoms with Crippen molar-refractivity contribution in [1.82, 2.24) is 4.98 Å². The summed E-state index contributed by atoms with van der Waals surface area (Å²) in [5.41, 5.74) is 4.02. The standard InChI is InChI=1S/C20H20N2OS/c1-3-22(18-11-7-8-15(2)12-18)19(23)13-17-14-24-20(21-17)16-9-5-4-6-10-16/h4-12,14H,3,13H2,1-2H3. The number of anilines is 1. The lowest BCUT2D eigenvalue weighted by molar-refractivity contribution is -0.118. The Morgan fingerprint density at radius 2 is 1.92 bits per heavy atom. The maximum Gasteiger partial charge on any atom is 0.233 e. The van der Waals surface area contributed by atoms with Gasteiger partial charge in [0, 0.05) is 23.2 Å². The van der Waals surface area contributed by atoms with Crippen LogP contribution in [0.5, 0.6) is 0 Å². The molecule has 0 N–H and O–H groups in total. The van der Waals surface area contributed by atoms with Crippen LogP contribution in [0.4, 0.5) is 5.69 Å². The molecule has 122 valence electrons. The number of hydrogen-bond donors (Lipinski definition) is 0. The van der Waals surface area contributed by atoms with Gasteiger partial charge in [-0.05, 0) is 31.5 Å². The molecule has 0 saturated heterocycles. The third kappa shape index (κ3) is 3.71. The van der Waals surface area contributed by atoms with Crippen LogP contribution in [0.2, 0.25) is 0 Å². The van der Waals surface area contributed by atoms with E-state index in [0.29, 0.717) is 13.0 Å². The summed E-state index contributed by atoms with van der Waals surface area (Å²) < 4.78 is 0. The number of hydrogen-bond acceptors (Lipinski definition) is 3. The van der Waals surface area contributed by atoms with Crippen molar-refractivity contribution in [2.24, 2.45) is 0 Å². The minimum Gasteiger partial charge on any atom is -0.312 e. The minimum atomic E-state index is 0.0769. The Morgan fingerprint density at radius 1 is 1.12 bits per heavy atom. The normalized spacial score (nSPS) is 10.6. The van der Waals surface area contributed by atoms with Crippen LogP contribution in [-0.2, 0) is 11.2 Å². The summed E-state index contributed by atoms with van der Waals surface area (Å²) in [7, 11) is 0. The fraction of sp³-hybridized carbons (Fsp3) is 0.200. The van der Waals surface area contributed by atoms with E-state index >= 15 is 0 Å². The van der Waals surface area contributed by atoms with E-state index in [4.69, 9.17) is 0 Å². The van der Waals surface area contributed by atoms with Gasteiger partial charge in [-0.3, -0.25) is 4.79 Å². The molecule has 0 aliphatic heterocycles. The number of aromatic nitrogens is 1. The van der Waals surface area contributed by atoms with E-state index in [2.05, 4.69) is 4.98 Å². The van der Waals surface area contributed by atoms with Crippen LogP contribution in [0.25, 0.3) is 10.6 Å². The molecule has 3 nitrogen and oxygen atoms in total. The molecule has 3 aromatic rings. The largest absolute Gasteiger partial charge is 0.312 e. The highest BCUT2D eigenvalue weighted by atomic mass is 32.1. The van der Waals surface area contributed by atoms with Gasteiger partial charge in [-0.2, -0.15) is 0 Å². The van der Waals surface area contributed by atoms with E-state index in [1.54, 1.807) is 11.3 Å². The lowest BCUT2D eigenvalue weighted by Gasteiger charge is -2.21. The summed E-state index contributed by atoms with van der Waals surface area (Å²) in [4.78, 5) is 19.1. The van der Waals surface area contributed by atoms with Crippen molar-refractivity contribution in [2.45, 2.75) is 20.3 Å². The summed E-state index contributed by atoms with van der Waals surface area (Å²) in [6.07, 6.45) is 0.325. The first-order valence-corrected chi connectivity index (χ1v) is 8.92. The fourth-order valence-electron chi connectivity index (χ4n) is 2.65. The highest BCUT2D eigenvalue weighted by molar-refractivity contribution is 7.13. The van der Waals surface area contributed by atoms with E-state index in [1.165, 1.54) is 0 Å².